The summed E-state index contributed by atoms with van der Waals surface area (Å²) < 4.78 is 5.97. The molecule has 212 valence electrons. The van der Waals surface area contributed by atoms with Gasteiger partial charge in [0.05, 0.1) is 19.1 Å². The van der Waals surface area contributed by atoms with Gasteiger partial charge in [0.2, 0.25) is 17.7 Å². The molecule has 0 saturated heterocycles. The number of nitrogens with zero attached hydrogens (tertiary/aromatic N) is 1. The van der Waals surface area contributed by atoms with Crippen LogP contribution < -0.4 is 20.7 Å². The molecule has 10 heteroatoms. The lowest BCUT2D eigenvalue weighted by Gasteiger charge is -2.35. The van der Waals surface area contributed by atoms with Crippen molar-refractivity contribution in [3.8, 4) is 5.75 Å². The summed E-state index contributed by atoms with van der Waals surface area (Å²) in [6, 6.07) is 13.0. The summed E-state index contributed by atoms with van der Waals surface area (Å²) in [4.78, 5) is 38.5. The Morgan fingerprint density at radius 2 is 1.72 bits per heavy atom. The third-order valence-electron chi connectivity index (χ3n) is 6.87. The smallest absolute Gasteiger partial charge is 0.240 e. The zero-order chi connectivity index (χ0) is 28.2. The number of amides is 3. The normalized spacial score (nSPS) is 20.1. The molecule has 1 unspecified atom stereocenters. The first kappa shape index (κ1) is 30.7. The summed E-state index contributed by atoms with van der Waals surface area (Å²) in [6.45, 7) is 3.31. The Labute approximate surface area is 240 Å². The Morgan fingerprint density at radius 3 is 2.41 bits per heavy atom. The molecule has 39 heavy (non-hydrogen) atoms. The number of rotatable bonds is 1. The number of fused-ring (bicyclic) bond motifs is 1. The van der Waals surface area contributed by atoms with Crippen molar-refractivity contribution in [1.29, 1.82) is 0 Å². The Hall–Kier alpha value is -2.81. The molecule has 1 aliphatic heterocycles. The van der Waals surface area contributed by atoms with E-state index in [4.69, 9.17) is 27.9 Å². The second-order valence-electron chi connectivity index (χ2n) is 9.90. The van der Waals surface area contributed by atoms with E-state index in [1.807, 2.05) is 43.3 Å². The number of carbonyl (C=O) groups excluding carboxylic acids is 3. The number of likely N-dealkylation sites (N-methyl/N-ethyl adjacent to an activating group) is 1. The van der Waals surface area contributed by atoms with Gasteiger partial charge < -0.3 is 25.6 Å². The van der Waals surface area contributed by atoms with Crippen LogP contribution in [0.1, 0.15) is 36.8 Å². The van der Waals surface area contributed by atoms with Gasteiger partial charge >= 0.3 is 0 Å². The molecule has 0 spiro atoms. The number of hydrogen-bond donors (Lipinski definition) is 3. The highest BCUT2D eigenvalue weighted by Crippen LogP contribution is 2.30. The van der Waals surface area contributed by atoms with Crippen LogP contribution in [0.15, 0.2) is 42.5 Å². The average Bonchev–Trinajstić information content (AvgIpc) is 2.88. The van der Waals surface area contributed by atoms with Gasteiger partial charge in [-0.2, -0.15) is 0 Å². The van der Waals surface area contributed by atoms with Crippen LogP contribution in [-0.2, 0) is 20.8 Å². The third-order valence-corrected chi connectivity index (χ3v) is 7.51. The molecule has 3 amide bonds. The van der Waals surface area contributed by atoms with Crippen LogP contribution in [0.2, 0.25) is 10.0 Å². The fraction of sp³-hybridized carbons (Fsp3) is 0.483. The summed E-state index contributed by atoms with van der Waals surface area (Å²) in [5.74, 6) is 0.443. The van der Waals surface area contributed by atoms with Crippen LogP contribution in [0, 0.1) is 12.8 Å². The van der Waals surface area contributed by atoms with E-state index in [-0.39, 0.29) is 42.8 Å². The van der Waals surface area contributed by atoms with Gasteiger partial charge in [0, 0.05) is 30.2 Å². The van der Waals surface area contributed by atoms with Crippen LogP contribution in [0.5, 0.6) is 5.75 Å². The van der Waals surface area contributed by atoms with Gasteiger partial charge in [-0.05, 0) is 67.9 Å². The fourth-order valence-corrected chi connectivity index (χ4v) is 4.77. The van der Waals surface area contributed by atoms with Gasteiger partial charge in [-0.25, -0.2) is 0 Å². The predicted octanol–water partition coefficient (Wildman–Crippen LogP) is 3.76. The topological polar surface area (TPSA) is 99.8 Å². The molecule has 0 aromatic heterocycles. The summed E-state index contributed by atoms with van der Waals surface area (Å²) >= 11 is 11.4. The molecular weight excluding hydrogens is 539 g/mol. The molecule has 3 N–H and O–H groups in total. The molecule has 1 saturated carbocycles. The first-order valence-electron chi connectivity index (χ1n) is 13.4. The lowest BCUT2D eigenvalue weighted by molar-refractivity contribution is -0.138. The van der Waals surface area contributed by atoms with Crippen molar-refractivity contribution in [3.63, 3.8) is 0 Å². The van der Waals surface area contributed by atoms with E-state index in [1.54, 1.807) is 13.1 Å². The molecule has 2 aromatic rings. The number of carbonyl (C=O) groups is 3. The first-order chi connectivity index (χ1) is 18.7. The number of ether oxygens (including phenoxy) is 1. The molecule has 4 rings (SSSR count). The summed E-state index contributed by atoms with van der Waals surface area (Å²) in [5.41, 5.74) is 2.15. The van der Waals surface area contributed by atoms with Gasteiger partial charge in [0.25, 0.3) is 0 Å². The molecule has 1 atom stereocenters. The fourth-order valence-electron chi connectivity index (χ4n) is 4.36. The summed E-state index contributed by atoms with van der Waals surface area (Å²) in [7, 11) is 1.63. The van der Waals surface area contributed by atoms with Crippen LogP contribution in [0.3, 0.4) is 0 Å². The zero-order valence-corrected chi connectivity index (χ0v) is 24.1. The van der Waals surface area contributed by atoms with Crippen LogP contribution in [0.25, 0.3) is 0 Å². The highest BCUT2D eigenvalue weighted by Gasteiger charge is 2.34. The minimum Gasteiger partial charge on any atom is -0.492 e. The maximum Gasteiger partial charge on any atom is 0.240 e. The Balaban J connectivity index is 0.000000395. The number of aryl methyl sites for hydroxylation is 2. The predicted molar refractivity (Wildman–Crippen MR) is 154 cm³/mol. The van der Waals surface area contributed by atoms with Crippen molar-refractivity contribution in [3.05, 3.63) is 63.6 Å². The van der Waals surface area contributed by atoms with E-state index in [1.165, 1.54) is 4.90 Å². The number of halogens is 2. The first-order valence-corrected chi connectivity index (χ1v) is 14.1. The van der Waals surface area contributed by atoms with Crippen molar-refractivity contribution < 1.29 is 19.1 Å². The van der Waals surface area contributed by atoms with Crippen LogP contribution >= 0.6 is 23.2 Å². The zero-order valence-electron chi connectivity index (χ0n) is 22.6. The summed E-state index contributed by atoms with van der Waals surface area (Å²) in [5, 5.41) is 10.2. The number of para-hydroxylation sites is 1. The van der Waals surface area contributed by atoms with Gasteiger partial charge in [0.1, 0.15) is 12.4 Å². The Kier molecular flexibility index (Phi) is 12.4. The van der Waals surface area contributed by atoms with Gasteiger partial charge in [-0.1, -0.05) is 53.9 Å². The number of hydrogen-bond acceptors (Lipinski definition) is 5. The van der Waals surface area contributed by atoms with E-state index in [9.17, 15) is 14.4 Å². The monoisotopic (exact) mass is 576 g/mol. The van der Waals surface area contributed by atoms with Crippen molar-refractivity contribution >= 4 is 40.9 Å². The maximum absolute atomic E-state index is 12.9. The Bertz CT molecular complexity index is 1130. The molecule has 2 aliphatic rings. The molecule has 0 bridgehead atoms. The van der Waals surface area contributed by atoms with Crippen LogP contribution in [-0.4, -0.2) is 68.5 Å². The van der Waals surface area contributed by atoms with Gasteiger partial charge in [0.15, 0.2) is 0 Å². The maximum atomic E-state index is 12.9. The van der Waals surface area contributed by atoms with E-state index in [0.717, 1.165) is 54.0 Å². The molecule has 0 radical (unpaired) electrons. The van der Waals surface area contributed by atoms with Crippen molar-refractivity contribution in [2.45, 2.75) is 45.1 Å². The SMILES string of the molecule is CN1CC(=O)NCC(=O)NCCCc2ccccc2OCCNC(C2CCC2)C1=O.Cc1ccc(Cl)cc1Cl. The molecular formula is C29H38Cl2N4O4. The quantitative estimate of drug-likeness (QED) is 0.480. The van der Waals surface area contributed by atoms with Gasteiger partial charge in [-0.15, -0.1) is 0 Å². The third kappa shape index (κ3) is 10.0. The second-order valence-corrected chi connectivity index (χ2v) is 10.7. The van der Waals surface area contributed by atoms with E-state index < -0.39 is 0 Å². The van der Waals surface area contributed by atoms with Crippen molar-refractivity contribution in [2.24, 2.45) is 5.92 Å². The molecule has 2 aromatic carbocycles. The molecule has 1 aliphatic carbocycles. The highest BCUT2D eigenvalue weighted by molar-refractivity contribution is 6.35. The minimum atomic E-state index is -0.341. The van der Waals surface area contributed by atoms with E-state index in [0.29, 0.717) is 24.7 Å². The lowest BCUT2D eigenvalue weighted by Crippen LogP contribution is -2.53. The van der Waals surface area contributed by atoms with Gasteiger partial charge in [-0.3, -0.25) is 14.4 Å². The highest BCUT2D eigenvalue weighted by atomic mass is 35.5. The minimum absolute atomic E-state index is 0.0686. The lowest BCUT2D eigenvalue weighted by atomic mass is 9.79. The Morgan fingerprint density at radius 1 is 0.949 bits per heavy atom. The largest absolute Gasteiger partial charge is 0.492 e. The number of nitrogens with one attached hydrogen (secondary N) is 3. The molecule has 1 fully saturated rings. The standard InChI is InChI=1S/C22H32N4O4.C7H6Cl2/c1-26-15-20(28)25-14-19(27)23-11-5-9-16-6-2-3-10-18(16)30-13-12-24-21(22(26)29)17-7-4-8-17;1-5-2-3-6(8)4-7(5)9/h2-3,6,10,17,21,24H,4-5,7-9,11-15H2,1H3,(H,23,27)(H,25,28);2-4H,1H3. The molecule has 8 nitrogen and oxygen atoms in total. The van der Waals surface area contributed by atoms with Crippen molar-refractivity contribution in [2.75, 3.05) is 39.8 Å². The molecule has 1 heterocycles. The van der Waals surface area contributed by atoms with Crippen LogP contribution in [0.4, 0.5) is 0 Å². The number of benzene rings is 2. The van der Waals surface area contributed by atoms with E-state index >= 15 is 0 Å². The second kappa shape index (κ2) is 15.7. The van der Waals surface area contributed by atoms with Crippen molar-refractivity contribution in [1.82, 2.24) is 20.9 Å². The van der Waals surface area contributed by atoms with E-state index in [2.05, 4.69) is 16.0 Å². The summed E-state index contributed by atoms with van der Waals surface area (Å²) in [6.07, 6.45) is 4.70. The average molecular weight is 578 g/mol.